The van der Waals surface area contributed by atoms with Crippen LogP contribution in [0.15, 0.2) is 36.8 Å². The van der Waals surface area contributed by atoms with Crippen LogP contribution in [0.1, 0.15) is 31.3 Å². The minimum atomic E-state index is -4.66. The standard InChI is InChI=1S/C22H18F6N6O2/c1-10(23)16-9-36-21(35)34(16)19-15(25)8-31-20(33-19)32-11(2)18-14(24)5-13(7-30-18)12-3-4-29-17(6-12)22(26,27)28/h3-8,10-11,16H,9H2,1-2H3,(H,31,32,33)/t10-,11+,16-/m1/s1. The van der Waals surface area contributed by atoms with Gasteiger partial charge in [-0.2, -0.15) is 18.2 Å². The van der Waals surface area contributed by atoms with E-state index < -0.39 is 53.7 Å². The molecule has 1 amide bonds. The van der Waals surface area contributed by atoms with Crippen molar-refractivity contribution in [3.63, 3.8) is 0 Å². The third-order valence-corrected chi connectivity index (χ3v) is 5.40. The molecule has 0 aromatic carbocycles. The van der Waals surface area contributed by atoms with Crippen LogP contribution in [0.2, 0.25) is 0 Å². The number of nitrogens with one attached hydrogen (secondary N) is 1. The minimum absolute atomic E-state index is 0.0662. The van der Waals surface area contributed by atoms with E-state index in [9.17, 15) is 31.1 Å². The largest absolute Gasteiger partial charge is 0.447 e. The fourth-order valence-electron chi connectivity index (χ4n) is 3.57. The molecule has 36 heavy (non-hydrogen) atoms. The summed E-state index contributed by atoms with van der Waals surface area (Å²) in [6.45, 7) is 2.39. The Kier molecular flexibility index (Phi) is 6.69. The predicted molar refractivity (Wildman–Crippen MR) is 115 cm³/mol. The molecule has 0 saturated carbocycles. The number of amides is 1. The maximum absolute atomic E-state index is 14.9. The van der Waals surface area contributed by atoms with Crippen molar-refractivity contribution in [1.82, 2.24) is 19.9 Å². The molecule has 3 aromatic heterocycles. The second-order valence-corrected chi connectivity index (χ2v) is 7.94. The number of ether oxygens (including phenoxy) is 1. The summed E-state index contributed by atoms with van der Waals surface area (Å²) < 4.78 is 86.7. The molecule has 1 fully saturated rings. The Labute approximate surface area is 200 Å². The molecule has 1 aliphatic heterocycles. The number of hydrogen-bond donors (Lipinski definition) is 1. The van der Waals surface area contributed by atoms with Gasteiger partial charge in [0.2, 0.25) is 5.95 Å². The first-order chi connectivity index (χ1) is 17.0. The maximum Gasteiger partial charge on any atom is 0.433 e. The highest BCUT2D eigenvalue weighted by Gasteiger charge is 2.40. The Morgan fingerprint density at radius 3 is 2.50 bits per heavy atom. The maximum atomic E-state index is 14.9. The van der Waals surface area contributed by atoms with Crippen molar-refractivity contribution in [3.05, 3.63) is 59.8 Å². The third kappa shape index (κ3) is 5.02. The number of halogens is 6. The Morgan fingerprint density at radius 1 is 1.08 bits per heavy atom. The Morgan fingerprint density at radius 2 is 1.83 bits per heavy atom. The van der Waals surface area contributed by atoms with Gasteiger partial charge in [-0.05, 0) is 37.6 Å². The molecular weight excluding hydrogens is 494 g/mol. The van der Waals surface area contributed by atoms with Crippen molar-refractivity contribution in [2.75, 3.05) is 16.8 Å². The molecule has 1 aliphatic rings. The van der Waals surface area contributed by atoms with Gasteiger partial charge in [-0.3, -0.25) is 9.97 Å². The van der Waals surface area contributed by atoms with E-state index in [0.29, 0.717) is 0 Å². The number of rotatable bonds is 6. The van der Waals surface area contributed by atoms with Gasteiger partial charge < -0.3 is 10.1 Å². The van der Waals surface area contributed by atoms with E-state index in [4.69, 9.17) is 4.74 Å². The zero-order valence-electron chi connectivity index (χ0n) is 18.7. The van der Waals surface area contributed by atoms with E-state index in [1.807, 2.05) is 0 Å². The summed E-state index contributed by atoms with van der Waals surface area (Å²) in [7, 11) is 0. The summed E-state index contributed by atoms with van der Waals surface area (Å²) in [5.41, 5.74) is -1.10. The molecule has 0 radical (unpaired) electrons. The second-order valence-electron chi connectivity index (χ2n) is 7.94. The molecule has 0 unspecified atom stereocenters. The van der Waals surface area contributed by atoms with Gasteiger partial charge in [0.1, 0.15) is 30.3 Å². The number of aromatic nitrogens is 4. The first-order valence-electron chi connectivity index (χ1n) is 10.5. The molecule has 4 rings (SSSR count). The number of alkyl halides is 4. The van der Waals surface area contributed by atoms with Crippen LogP contribution in [-0.2, 0) is 10.9 Å². The highest BCUT2D eigenvalue weighted by Crippen LogP contribution is 2.32. The van der Waals surface area contributed by atoms with Crippen molar-refractivity contribution >= 4 is 17.9 Å². The molecule has 0 aliphatic carbocycles. The SMILES string of the molecule is C[C@H](Nc1ncc(F)c(N2C(=O)OC[C@@H]2[C@@H](C)F)n1)c1ncc(-c2ccnc(C(F)(F)F)c2)cc1F. The number of carbonyl (C=O) groups is 1. The Bertz CT molecular complexity index is 1290. The van der Waals surface area contributed by atoms with Gasteiger partial charge >= 0.3 is 12.3 Å². The molecule has 0 bridgehead atoms. The summed E-state index contributed by atoms with van der Waals surface area (Å²) in [4.78, 5) is 27.7. The molecule has 190 valence electrons. The lowest BCUT2D eigenvalue weighted by atomic mass is 10.1. The van der Waals surface area contributed by atoms with E-state index in [-0.39, 0.29) is 29.4 Å². The van der Waals surface area contributed by atoms with E-state index in [1.54, 1.807) is 0 Å². The molecule has 3 aromatic rings. The average molecular weight is 512 g/mol. The first kappa shape index (κ1) is 25.1. The van der Waals surface area contributed by atoms with Crippen LogP contribution in [-0.4, -0.2) is 44.8 Å². The van der Waals surface area contributed by atoms with Gasteiger partial charge in [0.05, 0.1) is 17.9 Å². The normalized spacial score (nSPS) is 17.6. The van der Waals surface area contributed by atoms with Crippen LogP contribution in [0, 0.1) is 11.6 Å². The Hall–Kier alpha value is -3.97. The predicted octanol–water partition coefficient (Wildman–Crippen LogP) is 5.09. The lowest BCUT2D eigenvalue weighted by Crippen LogP contribution is -2.40. The van der Waals surface area contributed by atoms with E-state index >= 15 is 0 Å². The summed E-state index contributed by atoms with van der Waals surface area (Å²) in [6, 6.07) is 1.10. The number of nitrogens with zero attached hydrogens (tertiary/aromatic N) is 5. The minimum Gasteiger partial charge on any atom is -0.447 e. The van der Waals surface area contributed by atoms with Crippen molar-refractivity contribution < 1.29 is 35.9 Å². The van der Waals surface area contributed by atoms with Gasteiger partial charge in [0.15, 0.2) is 11.6 Å². The second kappa shape index (κ2) is 9.59. The van der Waals surface area contributed by atoms with Crippen LogP contribution in [0.4, 0.5) is 42.9 Å². The summed E-state index contributed by atoms with van der Waals surface area (Å²) in [6.07, 6.45) is -4.27. The fourth-order valence-corrected chi connectivity index (χ4v) is 3.57. The third-order valence-electron chi connectivity index (χ3n) is 5.40. The topological polar surface area (TPSA) is 93.1 Å². The van der Waals surface area contributed by atoms with Crippen LogP contribution < -0.4 is 10.2 Å². The monoisotopic (exact) mass is 512 g/mol. The number of pyridine rings is 2. The van der Waals surface area contributed by atoms with Gasteiger partial charge in [-0.25, -0.2) is 27.8 Å². The van der Waals surface area contributed by atoms with Crippen molar-refractivity contribution in [1.29, 1.82) is 0 Å². The van der Waals surface area contributed by atoms with Crippen LogP contribution in [0.25, 0.3) is 11.1 Å². The molecular formula is C22H18F6N6O2. The van der Waals surface area contributed by atoms with Gasteiger partial charge in [-0.15, -0.1) is 0 Å². The van der Waals surface area contributed by atoms with Crippen molar-refractivity contribution in [3.8, 4) is 11.1 Å². The number of anilines is 2. The highest BCUT2D eigenvalue weighted by atomic mass is 19.4. The molecule has 8 nitrogen and oxygen atoms in total. The molecule has 1 saturated heterocycles. The smallest absolute Gasteiger partial charge is 0.433 e. The van der Waals surface area contributed by atoms with Gasteiger partial charge in [0.25, 0.3) is 0 Å². The van der Waals surface area contributed by atoms with E-state index in [0.717, 1.165) is 29.4 Å². The lowest BCUT2D eigenvalue weighted by Gasteiger charge is -2.22. The van der Waals surface area contributed by atoms with Gasteiger partial charge in [-0.1, -0.05) is 0 Å². The van der Waals surface area contributed by atoms with E-state index in [2.05, 4.69) is 25.3 Å². The zero-order valence-corrected chi connectivity index (χ0v) is 18.7. The molecule has 4 heterocycles. The Balaban J connectivity index is 1.57. The molecule has 0 spiro atoms. The highest BCUT2D eigenvalue weighted by molar-refractivity contribution is 5.89. The zero-order chi connectivity index (χ0) is 26.2. The van der Waals surface area contributed by atoms with Gasteiger partial charge in [0, 0.05) is 18.0 Å². The lowest BCUT2D eigenvalue weighted by molar-refractivity contribution is -0.141. The molecule has 1 N–H and O–H groups in total. The quantitative estimate of drug-likeness (QED) is 0.460. The fraction of sp³-hybridized carbons (Fsp3) is 0.318. The van der Waals surface area contributed by atoms with Crippen LogP contribution in [0.3, 0.4) is 0 Å². The number of cyclic esters (lactones) is 1. The summed E-state index contributed by atoms with van der Waals surface area (Å²) >= 11 is 0. The molecule has 3 atom stereocenters. The van der Waals surface area contributed by atoms with Crippen LogP contribution >= 0.6 is 0 Å². The van der Waals surface area contributed by atoms with Crippen molar-refractivity contribution in [2.45, 2.75) is 38.3 Å². The van der Waals surface area contributed by atoms with Crippen LogP contribution in [0.5, 0.6) is 0 Å². The first-order valence-corrected chi connectivity index (χ1v) is 10.5. The van der Waals surface area contributed by atoms with E-state index in [1.165, 1.54) is 26.1 Å². The molecule has 14 heteroatoms. The number of hydrogen-bond acceptors (Lipinski definition) is 7. The average Bonchev–Trinajstić information content (AvgIpc) is 3.21. The van der Waals surface area contributed by atoms with Crippen molar-refractivity contribution in [2.24, 2.45) is 0 Å². The summed E-state index contributed by atoms with van der Waals surface area (Å²) in [5, 5.41) is 2.71. The number of carbonyl (C=O) groups excluding carboxylic acids is 1. The summed E-state index contributed by atoms with van der Waals surface area (Å²) in [5.74, 6) is -2.56.